The van der Waals surface area contributed by atoms with Crippen molar-refractivity contribution in [2.75, 3.05) is 19.6 Å². The van der Waals surface area contributed by atoms with Crippen molar-refractivity contribution < 1.29 is 4.79 Å². The van der Waals surface area contributed by atoms with E-state index in [9.17, 15) is 4.79 Å². The summed E-state index contributed by atoms with van der Waals surface area (Å²) in [4.78, 5) is 17.5. The van der Waals surface area contributed by atoms with E-state index in [1.165, 1.54) is 0 Å². The Morgan fingerprint density at radius 3 is 2.56 bits per heavy atom. The fraction of sp³-hybridized carbons (Fsp3) is 0.800. The van der Waals surface area contributed by atoms with E-state index < -0.39 is 0 Å². The third-order valence-corrected chi connectivity index (χ3v) is 2.77. The van der Waals surface area contributed by atoms with Crippen LogP contribution in [0.2, 0.25) is 0 Å². The lowest BCUT2D eigenvalue weighted by Gasteiger charge is -2.13. The van der Waals surface area contributed by atoms with Crippen LogP contribution < -0.4 is 11.1 Å². The van der Waals surface area contributed by atoms with Gasteiger partial charge in [-0.3, -0.25) is 4.79 Å². The molecule has 2 rings (SSSR count). The number of carbonyl (C=O) groups excluding carboxylic acids is 1. The lowest BCUT2D eigenvalue weighted by atomic mass is 10.4. The molecule has 3 N–H and O–H groups in total. The summed E-state index contributed by atoms with van der Waals surface area (Å²) in [6, 6.07) is 0.496. The van der Waals surface area contributed by atoms with Gasteiger partial charge in [-0.2, -0.15) is 0 Å². The van der Waals surface area contributed by atoms with Crippen molar-refractivity contribution in [2.45, 2.75) is 31.7 Å². The molecule has 5 nitrogen and oxygen atoms in total. The summed E-state index contributed by atoms with van der Waals surface area (Å²) >= 11 is 0. The van der Waals surface area contributed by atoms with Crippen LogP contribution in [0.5, 0.6) is 0 Å². The van der Waals surface area contributed by atoms with Gasteiger partial charge in [0, 0.05) is 19.1 Å². The Bertz CT molecular complexity index is 272. The van der Waals surface area contributed by atoms with Crippen LogP contribution in [0.15, 0.2) is 4.99 Å². The molecule has 0 atom stereocenters. The lowest BCUT2D eigenvalue weighted by molar-refractivity contribution is -0.128. The summed E-state index contributed by atoms with van der Waals surface area (Å²) < 4.78 is 0. The number of hydrogen-bond donors (Lipinski definition) is 2. The molecule has 2 fully saturated rings. The van der Waals surface area contributed by atoms with Crippen molar-refractivity contribution in [3.63, 3.8) is 0 Å². The van der Waals surface area contributed by atoms with Gasteiger partial charge in [0.2, 0.25) is 5.91 Å². The van der Waals surface area contributed by atoms with E-state index >= 15 is 0 Å². The maximum absolute atomic E-state index is 11.6. The molecule has 0 aromatic heterocycles. The van der Waals surface area contributed by atoms with E-state index in [1.807, 2.05) is 4.90 Å². The number of aliphatic imine (C=N–C) groups is 1. The normalized spacial score (nSPS) is 20.5. The van der Waals surface area contributed by atoms with Gasteiger partial charge in [-0.05, 0) is 25.7 Å². The zero-order valence-corrected chi connectivity index (χ0v) is 11.6. The molecule has 0 bridgehead atoms. The first-order chi connectivity index (χ1) is 7.25. The van der Waals surface area contributed by atoms with Gasteiger partial charge in [-0.15, -0.1) is 24.0 Å². The van der Waals surface area contributed by atoms with Crippen molar-refractivity contribution in [1.29, 1.82) is 0 Å². The topological polar surface area (TPSA) is 70.7 Å². The molecule has 1 saturated heterocycles. The van der Waals surface area contributed by atoms with Crippen molar-refractivity contribution in [1.82, 2.24) is 10.2 Å². The van der Waals surface area contributed by atoms with E-state index in [0.717, 1.165) is 38.8 Å². The van der Waals surface area contributed by atoms with Crippen LogP contribution in [0.4, 0.5) is 0 Å². The molecule has 92 valence electrons. The average molecular weight is 338 g/mol. The Kier molecular flexibility index (Phi) is 5.30. The third-order valence-electron chi connectivity index (χ3n) is 2.77. The molecule has 1 aliphatic heterocycles. The van der Waals surface area contributed by atoms with Gasteiger partial charge in [0.25, 0.3) is 0 Å². The van der Waals surface area contributed by atoms with Crippen molar-refractivity contribution in [2.24, 2.45) is 10.7 Å². The maximum Gasteiger partial charge on any atom is 0.244 e. The van der Waals surface area contributed by atoms with E-state index in [0.29, 0.717) is 12.0 Å². The Hall–Kier alpha value is -0.530. The third kappa shape index (κ3) is 4.15. The molecule has 0 radical (unpaired) electrons. The summed E-state index contributed by atoms with van der Waals surface area (Å²) in [5.41, 5.74) is 5.63. The highest BCUT2D eigenvalue weighted by atomic mass is 127. The predicted octanol–water partition coefficient (Wildman–Crippen LogP) is 0.293. The Morgan fingerprint density at radius 1 is 1.38 bits per heavy atom. The molecular weight excluding hydrogens is 319 g/mol. The second-order valence-electron chi connectivity index (χ2n) is 4.21. The van der Waals surface area contributed by atoms with Gasteiger partial charge in [0.05, 0.1) is 0 Å². The fourth-order valence-electron chi connectivity index (χ4n) is 1.70. The minimum Gasteiger partial charge on any atom is -0.370 e. The zero-order chi connectivity index (χ0) is 10.7. The maximum atomic E-state index is 11.6. The molecule has 0 aromatic rings. The quantitative estimate of drug-likeness (QED) is 0.442. The largest absolute Gasteiger partial charge is 0.370 e. The Labute approximate surface area is 113 Å². The van der Waals surface area contributed by atoms with E-state index in [-0.39, 0.29) is 36.4 Å². The second kappa shape index (κ2) is 6.27. The number of rotatable bonds is 3. The van der Waals surface area contributed by atoms with Crippen LogP contribution in [0.1, 0.15) is 25.7 Å². The molecule has 0 spiro atoms. The van der Waals surface area contributed by atoms with Crippen LogP contribution in [-0.2, 0) is 4.79 Å². The first-order valence-electron chi connectivity index (χ1n) is 5.60. The van der Waals surface area contributed by atoms with Crippen LogP contribution in [-0.4, -0.2) is 42.4 Å². The van der Waals surface area contributed by atoms with E-state index in [2.05, 4.69) is 10.3 Å². The van der Waals surface area contributed by atoms with E-state index in [1.54, 1.807) is 0 Å². The highest BCUT2D eigenvalue weighted by Gasteiger charge is 2.22. The summed E-state index contributed by atoms with van der Waals surface area (Å²) in [5.74, 6) is 0.498. The number of likely N-dealkylation sites (tertiary alicyclic amines) is 1. The summed E-state index contributed by atoms with van der Waals surface area (Å²) in [7, 11) is 0. The summed E-state index contributed by atoms with van der Waals surface area (Å²) in [5, 5.41) is 3.06. The monoisotopic (exact) mass is 338 g/mol. The molecule has 1 aliphatic carbocycles. The van der Waals surface area contributed by atoms with Crippen LogP contribution in [0.3, 0.4) is 0 Å². The van der Waals surface area contributed by atoms with Crippen molar-refractivity contribution >= 4 is 35.8 Å². The zero-order valence-electron chi connectivity index (χ0n) is 9.32. The molecule has 0 unspecified atom stereocenters. The van der Waals surface area contributed by atoms with Crippen molar-refractivity contribution in [3.8, 4) is 0 Å². The fourth-order valence-corrected chi connectivity index (χ4v) is 1.70. The van der Waals surface area contributed by atoms with Crippen LogP contribution >= 0.6 is 24.0 Å². The molecule has 6 heteroatoms. The standard InChI is InChI=1S/C10H18N4O.HI/c11-10(13-8-3-4-8)12-7-9(15)14-5-1-2-6-14;/h8H,1-7H2,(H3,11,12,13);1H. The average Bonchev–Trinajstić information content (AvgIpc) is 2.86. The molecule has 0 aromatic carbocycles. The Balaban J connectivity index is 0.00000128. The van der Waals surface area contributed by atoms with Crippen LogP contribution in [0, 0.1) is 0 Å². The summed E-state index contributed by atoms with van der Waals surface area (Å²) in [6.07, 6.45) is 4.56. The smallest absolute Gasteiger partial charge is 0.244 e. The SMILES string of the molecule is I.NC(=NCC(=O)N1CCCC1)NC1CC1. The number of nitrogens with zero attached hydrogens (tertiary/aromatic N) is 2. The predicted molar refractivity (Wildman–Crippen MR) is 73.9 cm³/mol. The number of amides is 1. The highest BCUT2D eigenvalue weighted by molar-refractivity contribution is 14.0. The van der Waals surface area contributed by atoms with Gasteiger partial charge in [-0.25, -0.2) is 4.99 Å². The van der Waals surface area contributed by atoms with Crippen LogP contribution in [0.25, 0.3) is 0 Å². The number of nitrogens with one attached hydrogen (secondary N) is 1. The molecule has 1 amide bonds. The highest BCUT2D eigenvalue weighted by Crippen LogP contribution is 2.17. The second-order valence-corrected chi connectivity index (χ2v) is 4.21. The van der Waals surface area contributed by atoms with Gasteiger partial charge in [-0.1, -0.05) is 0 Å². The Morgan fingerprint density at radius 2 is 2.00 bits per heavy atom. The summed E-state index contributed by atoms with van der Waals surface area (Å²) in [6.45, 7) is 1.94. The molecule has 1 heterocycles. The minimum absolute atomic E-state index is 0. The van der Waals surface area contributed by atoms with Gasteiger partial charge < -0.3 is 16.0 Å². The number of carbonyl (C=O) groups is 1. The number of nitrogens with two attached hydrogens (primary N) is 1. The van der Waals surface area contributed by atoms with E-state index in [4.69, 9.17) is 5.73 Å². The number of guanidine groups is 1. The molecule has 1 saturated carbocycles. The first kappa shape index (κ1) is 13.5. The molecule has 16 heavy (non-hydrogen) atoms. The first-order valence-corrected chi connectivity index (χ1v) is 5.60. The van der Waals surface area contributed by atoms with Gasteiger partial charge >= 0.3 is 0 Å². The molecule has 2 aliphatic rings. The van der Waals surface area contributed by atoms with Crippen molar-refractivity contribution in [3.05, 3.63) is 0 Å². The molecular formula is C10H19IN4O. The lowest BCUT2D eigenvalue weighted by Crippen LogP contribution is -2.35. The van der Waals surface area contributed by atoms with Gasteiger partial charge in [0.15, 0.2) is 5.96 Å². The number of halogens is 1. The van der Waals surface area contributed by atoms with Gasteiger partial charge in [0.1, 0.15) is 6.54 Å². The number of hydrogen-bond acceptors (Lipinski definition) is 2. The minimum atomic E-state index is 0.